The molecule has 0 saturated heterocycles. The van der Waals surface area contributed by atoms with Crippen LogP contribution in [-0.4, -0.2) is 29.5 Å². The number of hydrogen-bond acceptors (Lipinski definition) is 3. The van der Waals surface area contributed by atoms with Crippen molar-refractivity contribution in [3.05, 3.63) is 29.6 Å². The zero-order valence-corrected chi connectivity index (χ0v) is 11.3. The summed E-state index contributed by atoms with van der Waals surface area (Å²) in [5.74, 6) is 0. The largest absolute Gasteiger partial charge is 0.328 e. The van der Waals surface area contributed by atoms with E-state index in [9.17, 15) is 0 Å². The lowest BCUT2D eigenvalue weighted by molar-refractivity contribution is 0.309. The van der Waals surface area contributed by atoms with Crippen molar-refractivity contribution in [3.63, 3.8) is 0 Å². The van der Waals surface area contributed by atoms with Crippen LogP contribution >= 0.6 is 0 Å². The molecule has 0 bridgehead atoms. The molecule has 1 atom stereocenters. The fourth-order valence-corrected chi connectivity index (χ4v) is 1.87. The average Bonchev–Trinajstić information content (AvgIpc) is 2.28. The molecule has 0 aromatic carbocycles. The van der Waals surface area contributed by atoms with Gasteiger partial charge in [0.1, 0.15) is 0 Å². The van der Waals surface area contributed by atoms with E-state index in [4.69, 9.17) is 5.73 Å². The lowest BCUT2D eigenvalue weighted by Crippen LogP contribution is -2.23. The van der Waals surface area contributed by atoms with Gasteiger partial charge in [0.2, 0.25) is 0 Å². The van der Waals surface area contributed by atoms with Crippen molar-refractivity contribution >= 4 is 0 Å². The van der Waals surface area contributed by atoms with E-state index in [-0.39, 0.29) is 0 Å². The molecule has 0 radical (unpaired) electrons. The number of nitrogens with zero attached hydrogens (tertiary/aromatic N) is 2. The predicted octanol–water partition coefficient (Wildman–Crippen LogP) is 2.34. The molecule has 0 aliphatic carbocycles. The molecule has 1 heterocycles. The number of pyridine rings is 1. The minimum atomic E-state index is 0.362. The summed E-state index contributed by atoms with van der Waals surface area (Å²) in [5.41, 5.74) is 8.13. The maximum absolute atomic E-state index is 5.90. The van der Waals surface area contributed by atoms with Gasteiger partial charge >= 0.3 is 0 Å². The normalized spacial score (nSPS) is 13.0. The van der Waals surface area contributed by atoms with Crippen molar-refractivity contribution < 1.29 is 0 Å². The zero-order chi connectivity index (χ0) is 12.7. The minimum Gasteiger partial charge on any atom is -0.328 e. The number of hydrogen-bond donors (Lipinski definition) is 1. The Morgan fingerprint density at radius 2 is 2.18 bits per heavy atom. The van der Waals surface area contributed by atoms with Gasteiger partial charge in [-0.1, -0.05) is 13.0 Å². The standard InChI is InChI=1S/C14H25N3/c1-4-13(15)8-6-10-17(3)11-14-9-5-7-12(2)16-14/h5,7,9,13H,4,6,8,10-11,15H2,1-3H3. The second kappa shape index (κ2) is 7.41. The molecular weight excluding hydrogens is 210 g/mol. The molecule has 0 aliphatic rings. The van der Waals surface area contributed by atoms with Crippen LogP contribution in [-0.2, 0) is 6.54 Å². The van der Waals surface area contributed by atoms with Gasteiger partial charge in [-0.3, -0.25) is 4.98 Å². The molecule has 1 rings (SSSR count). The smallest absolute Gasteiger partial charge is 0.0547 e. The van der Waals surface area contributed by atoms with Gasteiger partial charge in [-0.25, -0.2) is 0 Å². The van der Waals surface area contributed by atoms with Crippen molar-refractivity contribution in [1.29, 1.82) is 0 Å². The lowest BCUT2D eigenvalue weighted by atomic mass is 10.1. The molecule has 0 aliphatic heterocycles. The summed E-state index contributed by atoms with van der Waals surface area (Å²) < 4.78 is 0. The van der Waals surface area contributed by atoms with E-state index >= 15 is 0 Å². The molecule has 0 amide bonds. The van der Waals surface area contributed by atoms with E-state index < -0.39 is 0 Å². The third kappa shape index (κ3) is 5.80. The topological polar surface area (TPSA) is 42.1 Å². The molecular formula is C14H25N3. The molecule has 1 aromatic rings. The van der Waals surface area contributed by atoms with Gasteiger partial charge in [0.25, 0.3) is 0 Å². The van der Waals surface area contributed by atoms with Crippen LogP contribution < -0.4 is 5.73 Å². The van der Waals surface area contributed by atoms with Crippen molar-refractivity contribution in [2.24, 2.45) is 5.73 Å². The van der Waals surface area contributed by atoms with Gasteiger partial charge in [-0.15, -0.1) is 0 Å². The molecule has 1 unspecified atom stereocenters. The summed E-state index contributed by atoms with van der Waals surface area (Å²) in [7, 11) is 2.14. The van der Waals surface area contributed by atoms with E-state index in [0.717, 1.165) is 43.7 Å². The van der Waals surface area contributed by atoms with Gasteiger partial charge in [0.15, 0.2) is 0 Å². The van der Waals surface area contributed by atoms with Crippen molar-refractivity contribution in [2.45, 2.75) is 45.7 Å². The molecule has 2 N–H and O–H groups in total. The first-order valence-corrected chi connectivity index (χ1v) is 6.48. The summed E-state index contributed by atoms with van der Waals surface area (Å²) in [4.78, 5) is 6.82. The Morgan fingerprint density at radius 3 is 2.82 bits per heavy atom. The fraction of sp³-hybridized carbons (Fsp3) is 0.643. The van der Waals surface area contributed by atoms with Crippen molar-refractivity contribution in [3.8, 4) is 0 Å². The van der Waals surface area contributed by atoms with E-state index in [0.29, 0.717) is 6.04 Å². The van der Waals surface area contributed by atoms with Crippen LogP contribution in [0.25, 0.3) is 0 Å². The Morgan fingerprint density at radius 1 is 1.41 bits per heavy atom. The fourth-order valence-electron chi connectivity index (χ4n) is 1.87. The highest BCUT2D eigenvalue weighted by Crippen LogP contribution is 2.04. The molecule has 17 heavy (non-hydrogen) atoms. The quantitative estimate of drug-likeness (QED) is 0.788. The van der Waals surface area contributed by atoms with Crippen LogP contribution in [0.2, 0.25) is 0 Å². The first-order valence-electron chi connectivity index (χ1n) is 6.48. The highest BCUT2D eigenvalue weighted by molar-refractivity contribution is 5.09. The van der Waals surface area contributed by atoms with Crippen LogP contribution in [0.5, 0.6) is 0 Å². The Kier molecular flexibility index (Phi) is 6.16. The van der Waals surface area contributed by atoms with Gasteiger partial charge < -0.3 is 10.6 Å². The third-order valence-electron chi connectivity index (χ3n) is 3.02. The second-order valence-electron chi connectivity index (χ2n) is 4.82. The SMILES string of the molecule is CCC(N)CCCN(C)Cc1cccc(C)n1. The Balaban J connectivity index is 2.27. The van der Waals surface area contributed by atoms with E-state index in [2.05, 4.69) is 36.0 Å². The third-order valence-corrected chi connectivity index (χ3v) is 3.02. The zero-order valence-electron chi connectivity index (χ0n) is 11.3. The number of aryl methyl sites for hydroxylation is 1. The first kappa shape index (κ1) is 14.1. The maximum Gasteiger partial charge on any atom is 0.0547 e. The number of rotatable bonds is 7. The van der Waals surface area contributed by atoms with Gasteiger partial charge in [0, 0.05) is 18.3 Å². The summed E-state index contributed by atoms with van der Waals surface area (Å²) in [6.45, 7) is 6.18. The Labute approximate surface area is 105 Å². The molecule has 3 nitrogen and oxygen atoms in total. The predicted molar refractivity (Wildman–Crippen MR) is 72.8 cm³/mol. The monoisotopic (exact) mass is 235 g/mol. The van der Waals surface area contributed by atoms with E-state index in [1.54, 1.807) is 0 Å². The highest BCUT2D eigenvalue weighted by Gasteiger charge is 2.03. The number of aromatic nitrogens is 1. The minimum absolute atomic E-state index is 0.362. The van der Waals surface area contributed by atoms with Gasteiger partial charge in [0.05, 0.1) is 5.69 Å². The van der Waals surface area contributed by atoms with Crippen molar-refractivity contribution in [1.82, 2.24) is 9.88 Å². The molecule has 3 heteroatoms. The van der Waals surface area contributed by atoms with Crippen LogP contribution in [0, 0.1) is 6.92 Å². The second-order valence-corrected chi connectivity index (χ2v) is 4.82. The van der Waals surface area contributed by atoms with Gasteiger partial charge in [-0.05, 0) is 51.9 Å². The summed E-state index contributed by atoms with van der Waals surface area (Å²) in [6, 6.07) is 6.55. The number of nitrogens with two attached hydrogens (primary N) is 1. The van der Waals surface area contributed by atoms with Crippen LogP contribution in [0.15, 0.2) is 18.2 Å². The van der Waals surface area contributed by atoms with Gasteiger partial charge in [-0.2, -0.15) is 0 Å². The first-order chi connectivity index (χ1) is 8.11. The van der Waals surface area contributed by atoms with Crippen LogP contribution in [0.3, 0.4) is 0 Å². The lowest BCUT2D eigenvalue weighted by Gasteiger charge is -2.17. The molecule has 0 saturated carbocycles. The highest BCUT2D eigenvalue weighted by atomic mass is 15.1. The summed E-state index contributed by atoms with van der Waals surface area (Å²) in [6.07, 6.45) is 3.35. The molecule has 1 aromatic heterocycles. The van der Waals surface area contributed by atoms with Crippen molar-refractivity contribution in [2.75, 3.05) is 13.6 Å². The average molecular weight is 235 g/mol. The Bertz CT molecular complexity index is 325. The molecule has 96 valence electrons. The molecule has 0 fully saturated rings. The van der Waals surface area contributed by atoms with E-state index in [1.165, 1.54) is 0 Å². The maximum atomic E-state index is 5.90. The summed E-state index contributed by atoms with van der Waals surface area (Å²) in [5, 5.41) is 0. The van der Waals surface area contributed by atoms with Crippen LogP contribution in [0.4, 0.5) is 0 Å². The Hall–Kier alpha value is -0.930. The van der Waals surface area contributed by atoms with Crippen LogP contribution in [0.1, 0.15) is 37.6 Å². The molecule has 0 spiro atoms. The summed E-state index contributed by atoms with van der Waals surface area (Å²) >= 11 is 0. The van der Waals surface area contributed by atoms with E-state index in [1.807, 2.05) is 13.0 Å².